The summed E-state index contributed by atoms with van der Waals surface area (Å²) in [6.45, 7) is 2.21. The second kappa shape index (κ2) is 10.3. The van der Waals surface area contributed by atoms with Crippen LogP contribution in [0.25, 0.3) is 65.7 Å². The van der Waals surface area contributed by atoms with E-state index >= 15 is 0 Å². The van der Waals surface area contributed by atoms with Crippen molar-refractivity contribution >= 4 is 54.6 Å². The predicted octanol–water partition coefficient (Wildman–Crippen LogP) is 9.37. The monoisotopic (exact) mass is 576 g/mol. The first-order valence-corrected chi connectivity index (χ1v) is 16.0. The average molecular weight is 577 g/mol. The lowest BCUT2D eigenvalue weighted by Gasteiger charge is -2.24. The van der Waals surface area contributed by atoms with E-state index in [1.165, 1.54) is 76.2 Å². The Morgan fingerprint density at radius 1 is 0.533 bits per heavy atom. The molecule has 0 amide bonds. The second-order valence-electron chi connectivity index (χ2n) is 12.0. The van der Waals surface area contributed by atoms with E-state index in [2.05, 4.69) is 151 Å². The van der Waals surface area contributed by atoms with Gasteiger partial charge in [-0.2, -0.15) is 0 Å². The molecule has 45 heavy (non-hydrogen) atoms. The highest BCUT2D eigenvalue weighted by atomic mass is 15.1. The van der Waals surface area contributed by atoms with Crippen LogP contribution in [0.4, 0.5) is 0 Å². The summed E-state index contributed by atoms with van der Waals surface area (Å²) in [5, 5.41) is 10.4. The molecule has 0 atom stereocenters. The minimum absolute atomic E-state index is 0.891. The lowest BCUT2D eigenvalue weighted by molar-refractivity contribution is 0.867. The molecule has 2 nitrogen and oxygen atoms in total. The normalized spacial score (nSPS) is 13.3. The maximum Gasteiger partial charge on any atom is 0.113 e. The van der Waals surface area contributed by atoms with Crippen molar-refractivity contribution in [2.75, 3.05) is 0 Å². The van der Waals surface area contributed by atoms with Crippen LogP contribution in [0.2, 0.25) is 0 Å². The molecule has 0 fully saturated rings. The standard InChI is InChI=1S/C43H32N2/c1-2-41-44-38-24-11-12-25-40(38)45(41)39-27-26-37(30-17-5-6-18-31(30)39)43-35-21-9-7-19-33(35)42(34-20-8-10-22-36(34)43)32-23-13-15-28-14-3-4-16-29(28)32/h3-25H,2,26-27H2,1H3. The van der Waals surface area contributed by atoms with E-state index in [0.717, 1.165) is 30.6 Å². The van der Waals surface area contributed by atoms with Crippen LogP contribution in [0.3, 0.4) is 0 Å². The van der Waals surface area contributed by atoms with Crippen LogP contribution >= 0.6 is 0 Å². The topological polar surface area (TPSA) is 17.8 Å². The molecule has 0 N–H and O–H groups in total. The van der Waals surface area contributed by atoms with Crippen LogP contribution in [-0.2, 0) is 6.42 Å². The Labute approximate surface area is 262 Å². The molecule has 0 aliphatic heterocycles. The van der Waals surface area contributed by atoms with E-state index in [1.54, 1.807) is 0 Å². The Morgan fingerprint density at radius 3 is 1.84 bits per heavy atom. The van der Waals surface area contributed by atoms with Crippen LogP contribution in [0.15, 0.2) is 140 Å². The third kappa shape index (κ3) is 3.92. The van der Waals surface area contributed by atoms with Gasteiger partial charge in [-0.1, -0.05) is 134 Å². The van der Waals surface area contributed by atoms with Gasteiger partial charge in [-0.25, -0.2) is 4.98 Å². The van der Waals surface area contributed by atoms with Crippen LogP contribution in [-0.4, -0.2) is 9.55 Å². The van der Waals surface area contributed by atoms with Crippen molar-refractivity contribution in [3.63, 3.8) is 0 Å². The van der Waals surface area contributed by atoms with Crippen LogP contribution < -0.4 is 10.4 Å². The molecule has 1 aromatic heterocycles. The van der Waals surface area contributed by atoms with Crippen LogP contribution in [0.1, 0.15) is 31.2 Å². The lowest BCUT2D eigenvalue weighted by atomic mass is 9.82. The number of para-hydroxylation sites is 2. The summed E-state index contributed by atoms with van der Waals surface area (Å²) in [6.07, 6.45) is 2.80. The predicted molar refractivity (Wildman–Crippen MR) is 190 cm³/mol. The second-order valence-corrected chi connectivity index (χ2v) is 12.0. The van der Waals surface area contributed by atoms with E-state index in [9.17, 15) is 0 Å². The SMILES string of the molecule is CCc1nc2ccccc2n1C1=c2ccccc2=C(c2c3ccccc3c(-c3cccc4ccccc34)c3ccccc23)CC1. The Balaban J connectivity index is 1.42. The van der Waals surface area contributed by atoms with Gasteiger partial charge in [-0.15, -0.1) is 0 Å². The van der Waals surface area contributed by atoms with Gasteiger partial charge in [0.15, 0.2) is 0 Å². The summed E-state index contributed by atoms with van der Waals surface area (Å²) in [5.41, 5.74) is 9.00. The van der Waals surface area contributed by atoms with Crippen molar-refractivity contribution in [2.24, 2.45) is 0 Å². The molecule has 1 aliphatic rings. The molecule has 214 valence electrons. The summed E-state index contributed by atoms with van der Waals surface area (Å²) in [4.78, 5) is 5.03. The van der Waals surface area contributed by atoms with Crippen LogP contribution in [0.5, 0.6) is 0 Å². The van der Waals surface area contributed by atoms with Gasteiger partial charge in [0, 0.05) is 17.3 Å². The first-order chi connectivity index (χ1) is 22.3. The van der Waals surface area contributed by atoms with Gasteiger partial charge in [-0.3, -0.25) is 4.57 Å². The van der Waals surface area contributed by atoms with Gasteiger partial charge in [-0.05, 0) is 84.8 Å². The number of nitrogens with zero attached hydrogens (tertiary/aromatic N) is 2. The lowest BCUT2D eigenvalue weighted by Crippen LogP contribution is -2.34. The van der Waals surface area contributed by atoms with Crippen molar-refractivity contribution < 1.29 is 0 Å². The molecular weight excluding hydrogens is 544 g/mol. The van der Waals surface area contributed by atoms with Gasteiger partial charge < -0.3 is 0 Å². The number of aryl methyl sites for hydroxylation is 1. The zero-order valence-corrected chi connectivity index (χ0v) is 25.3. The fourth-order valence-electron chi connectivity index (χ4n) is 7.80. The molecule has 1 heterocycles. The number of hydrogen-bond acceptors (Lipinski definition) is 1. The molecular formula is C43H32N2. The summed E-state index contributed by atoms with van der Waals surface area (Å²) in [6, 6.07) is 51.1. The van der Waals surface area contributed by atoms with Crippen molar-refractivity contribution in [3.05, 3.63) is 161 Å². The van der Waals surface area contributed by atoms with Gasteiger partial charge in [0.25, 0.3) is 0 Å². The Bertz CT molecular complexity index is 2520. The Morgan fingerprint density at radius 2 is 1.11 bits per heavy atom. The summed E-state index contributed by atoms with van der Waals surface area (Å²) < 4.78 is 2.44. The van der Waals surface area contributed by atoms with Crippen LogP contribution in [0, 0.1) is 0 Å². The van der Waals surface area contributed by atoms with Crippen molar-refractivity contribution in [1.82, 2.24) is 9.55 Å². The molecule has 7 aromatic carbocycles. The van der Waals surface area contributed by atoms with Gasteiger partial charge in [0.2, 0.25) is 0 Å². The number of rotatable bonds is 4. The fraction of sp³-hybridized carbons (Fsp3) is 0.0930. The summed E-state index contributed by atoms with van der Waals surface area (Å²) >= 11 is 0. The molecule has 0 saturated carbocycles. The molecule has 0 radical (unpaired) electrons. The molecule has 0 saturated heterocycles. The van der Waals surface area contributed by atoms with Crippen molar-refractivity contribution in [3.8, 4) is 11.1 Å². The Kier molecular flexibility index (Phi) is 5.96. The largest absolute Gasteiger partial charge is 0.299 e. The molecule has 2 heteroatoms. The first-order valence-electron chi connectivity index (χ1n) is 16.0. The molecule has 8 aromatic rings. The number of hydrogen-bond donors (Lipinski definition) is 0. The minimum Gasteiger partial charge on any atom is -0.299 e. The summed E-state index contributed by atoms with van der Waals surface area (Å²) in [5.74, 6) is 1.12. The maximum atomic E-state index is 5.03. The number of imidazole rings is 1. The van der Waals surface area contributed by atoms with E-state index in [1.807, 2.05) is 0 Å². The average Bonchev–Trinajstić information content (AvgIpc) is 3.49. The molecule has 0 unspecified atom stereocenters. The Hall–Kier alpha value is -5.47. The number of benzene rings is 7. The highest BCUT2D eigenvalue weighted by Crippen LogP contribution is 2.44. The van der Waals surface area contributed by atoms with Gasteiger partial charge >= 0.3 is 0 Å². The zero-order chi connectivity index (χ0) is 29.9. The van der Waals surface area contributed by atoms with E-state index in [0.29, 0.717) is 0 Å². The first kappa shape index (κ1) is 26.0. The van der Waals surface area contributed by atoms with Gasteiger partial charge in [0.1, 0.15) is 5.82 Å². The zero-order valence-electron chi connectivity index (χ0n) is 25.3. The third-order valence-electron chi connectivity index (χ3n) is 9.68. The third-order valence-corrected chi connectivity index (χ3v) is 9.68. The summed E-state index contributed by atoms with van der Waals surface area (Å²) in [7, 11) is 0. The maximum absolute atomic E-state index is 5.03. The smallest absolute Gasteiger partial charge is 0.113 e. The molecule has 0 bridgehead atoms. The minimum atomic E-state index is 0.891. The van der Waals surface area contributed by atoms with Crippen molar-refractivity contribution in [1.29, 1.82) is 0 Å². The highest BCUT2D eigenvalue weighted by Gasteiger charge is 2.23. The van der Waals surface area contributed by atoms with Crippen molar-refractivity contribution in [2.45, 2.75) is 26.2 Å². The van der Waals surface area contributed by atoms with Gasteiger partial charge in [0.05, 0.1) is 11.0 Å². The molecule has 1 aliphatic carbocycles. The van der Waals surface area contributed by atoms with E-state index < -0.39 is 0 Å². The van der Waals surface area contributed by atoms with E-state index in [4.69, 9.17) is 4.98 Å². The quantitative estimate of drug-likeness (QED) is 0.191. The number of fused-ring (bicyclic) bond motifs is 5. The molecule has 0 spiro atoms. The highest BCUT2D eigenvalue weighted by molar-refractivity contribution is 6.21. The number of aromatic nitrogens is 2. The molecule has 9 rings (SSSR count). The van der Waals surface area contributed by atoms with E-state index in [-0.39, 0.29) is 0 Å². The fourth-order valence-corrected chi connectivity index (χ4v) is 7.80.